The van der Waals surface area contributed by atoms with Crippen molar-refractivity contribution in [2.24, 2.45) is 0 Å². The molecule has 4 aromatic rings. The van der Waals surface area contributed by atoms with Gasteiger partial charge in [0.2, 0.25) is 0 Å². The first kappa shape index (κ1) is 15.8. The van der Waals surface area contributed by atoms with Gasteiger partial charge < -0.3 is 10.6 Å². The summed E-state index contributed by atoms with van der Waals surface area (Å²) >= 11 is 0. The lowest BCUT2D eigenvalue weighted by Crippen LogP contribution is -2.08. The molecule has 0 aliphatic carbocycles. The monoisotopic (exact) mass is 315 g/mol. The highest BCUT2D eigenvalue weighted by molar-refractivity contribution is 5.92. The molecule has 24 heavy (non-hydrogen) atoms. The van der Waals surface area contributed by atoms with E-state index < -0.39 is 0 Å². The van der Waals surface area contributed by atoms with Crippen LogP contribution in [0.1, 0.15) is 0 Å². The molecule has 0 bridgehead atoms. The number of fused-ring (bicyclic) bond motifs is 2. The number of hydrogen-bond acceptors (Lipinski definition) is 3. The fourth-order valence-electron chi connectivity index (χ4n) is 2.52. The lowest BCUT2D eigenvalue weighted by Gasteiger charge is -2.11. The van der Waals surface area contributed by atoms with Crippen molar-refractivity contribution >= 4 is 33.2 Å². The van der Waals surface area contributed by atoms with Gasteiger partial charge in [0.15, 0.2) is 0 Å². The molecule has 3 heteroatoms. The number of anilines is 2. The number of benzene rings is 3. The van der Waals surface area contributed by atoms with E-state index in [9.17, 15) is 0 Å². The summed E-state index contributed by atoms with van der Waals surface area (Å²) < 4.78 is 0. The third kappa shape index (κ3) is 3.63. The van der Waals surface area contributed by atoms with Crippen molar-refractivity contribution in [2.75, 3.05) is 24.7 Å². The summed E-state index contributed by atoms with van der Waals surface area (Å²) in [4.78, 5) is 6.60. The van der Waals surface area contributed by atoms with E-state index in [1.54, 1.807) is 0 Å². The minimum absolute atomic E-state index is 0.811. The fourth-order valence-corrected chi connectivity index (χ4v) is 2.52. The molecule has 0 atom stereocenters. The van der Waals surface area contributed by atoms with Crippen molar-refractivity contribution in [1.82, 2.24) is 4.98 Å². The van der Waals surface area contributed by atoms with E-state index in [0.29, 0.717) is 0 Å². The Morgan fingerprint density at radius 2 is 1.29 bits per heavy atom. The lowest BCUT2D eigenvalue weighted by molar-refractivity contribution is 1.13. The Hall–Kier alpha value is -3.07. The molecule has 3 nitrogen and oxygen atoms in total. The minimum atomic E-state index is 0.811. The van der Waals surface area contributed by atoms with Gasteiger partial charge in [-0.25, -0.2) is 4.98 Å². The van der Waals surface area contributed by atoms with E-state index in [2.05, 4.69) is 23.2 Å². The molecule has 0 fully saturated rings. The number of pyridine rings is 1. The van der Waals surface area contributed by atoms with Crippen LogP contribution in [0.4, 0.5) is 11.4 Å². The zero-order valence-electron chi connectivity index (χ0n) is 14.0. The van der Waals surface area contributed by atoms with E-state index in [-0.39, 0.29) is 0 Å². The van der Waals surface area contributed by atoms with Crippen LogP contribution in [0.2, 0.25) is 0 Å². The number of nitrogen functional groups attached to an aromatic ring is 1. The van der Waals surface area contributed by atoms with Gasteiger partial charge in [0.1, 0.15) is 0 Å². The molecule has 1 heterocycles. The minimum Gasteiger partial charge on any atom is -0.399 e. The molecule has 0 aliphatic heterocycles. The van der Waals surface area contributed by atoms with Gasteiger partial charge in [0.25, 0.3) is 0 Å². The van der Waals surface area contributed by atoms with Gasteiger partial charge in [-0.3, -0.25) is 0 Å². The molecule has 0 saturated heterocycles. The van der Waals surface area contributed by atoms with Crippen LogP contribution in [-0.4, -0.2) is 19.1 Å². The fraction of sp³-hybridized carbons (Fsp3) is 0.0952. The maximum Gasteiger partial charge on any atom is 0.0709 e. The molecule has 2 N–H and O–H groups in total. The molecule has 0 unspecified atom stereocenters. The number of rotatable bonds is 1. The average Bonchev–Trinajstić information content (AvgIpc) is 2.60. The van der Waals surface area contributed by atoms with Gasteiger partial charge >= 0.3 is 0 Å². The van der Waals surface area contributed by atoms with Crippen LogP contribution in [0, 0.1) is 0 Å². The summed E-state index contributed by atoms with van der Waals surface area (Å²) in [5.74, 6) is 0. The molecule has 0 radical (unpaired) electrons. The molecule has 0 amide bonds. The number of aromatic nitrogens is 1. The van der Waals surface area contributed by atoms with Crippen LogP contribution >= 0.6 is 0 Å². The van der Waals surface area contributed by atoms with Crippen molar-refractivity contribution in [3.05, 3.63) is 78.9 Å². The highest BCUT2D eigenvalue weighted by Crippen LogP contribution is 2.18. The highest BCUT2D eigenvalue weighted by Gasteiger charge is 1.96. The van der Waals surface area contributed by atoms with Crippen LogP contribution in [0.5, 0.6) is 0 Å². The van der Waals surface area contributed by atoms with Crippen molar-refractivity contribution in [2.45, 2.75) is 0 Å². The summed E-state index contributed by atoms with van der Waals surface area (Å²) in [6.07, 6.45) is 0. The Balaban J connectivity index is 0.000000150. The molecule has 4 rings (SSSR count). The van der Waals surface area contributed by atoms with Crippen molar-refractivity contribution in [1.29, 1.82) is 0 Å². The SMILES string of the molecule is CN(C)c1cccc(N)c1.c1ccc2nc3ccccc3cc2c1. The van der Waals surface area contributed by atoms with Gasteiger partial charge in [-0.1, -0.05) is 42.5 Å². The second-order valence-corrected chi connectivity index (χ2v) is 5.86. The number of para-hydroxylation sites is 2. The Morgan fingerprint density at radius 3 is 1.79 bits per heavy atom. The van der Waals surface area contributed by atoms with Crippen LogP contribution in [-0.2, 0) is 0 Å². The Kier molecular flexibility index (Phi) is 4.62. The molecule has 0 aliphatic rings. The van der Waals surface area contributed by atoms with Gasteiger partial charge in [-0.15, -0.1) is 0 Å². The van der Waals surface area contributed by atoms with Crippen molar-refractivity contribution in [3.63, 3.8) is 0 Å². The molecule has 1 aromatic heterocycles. The number of hydrogen-bond donors (Lipinski definition) is 1. The highest BCUT2D eigenvalue weighted by atomic mass is 15.1. The first-order chi connectivity index (χ1) is 11.6. The molecular weight excluding hydrogens is 294 g/mol. The van der Waals surface area contributed by atoms with Crippen molar-refractivity contribution in [3.8, 4) is 0 Å². The number of nitrogens with zero attached hydrogens (tertiary/aromatic N) is 2. The molecule has 120 valence electrons. The second-order valence-electron chi connectivity index (χ2n) is 5.86. The number of nitrogens with two attached hydrogens (primary N) is 1. The lowest BCUT2D eigenvalue weighted by atomic mass is 10.1. The second kappa shape index (κ2) is 7.01. The van der Waals surface area contributed by atoms with Gasteiger partial charge in [-0.05, 0) is 36.4 Å². The molecule has 0 spiro atoms. The average molecular weight is 315 g/mol. The summed E-state index contributed by atoms with van der Waals surface area (Å²) in [5, 5.41) is 2.40. The maximum atomic E-state index is 5.57. The first-order valence-corrected chi connectivity index (χ1v) is 7.91. The van der Waals surface area contributed by atoms with E-state index in [0.717, 1.165) is 22.4 Å². The molecule has 0 saturated carbocycles. The summed E-state index contributed by atoms with van der Waals surface area (Å²) in [7, 11) is 3.99. The van der Waals surface area contributed by atoms with Crippen LogP contribution in [0.15, 0.2) is 78.9 Å². The zero-order valence-corrected chi connectivity index (χ0v) is 14.0. The third-order valence-electron chi connectivity index (χ3n) is 3.81. The molecule has 3 aromatic carbocycles. The summed E-state index contributed by atoms with van der Waals surface area (Å²) in [6.45, 7) is 0. The normalized spacial score (nSPS) is 10.2. The Bertz CT molecular complexity index is 856. The van der Waals surface area contributed by atoms with Crippen LogP contribution in [0.3, 0.4) is 0 Å². The predicted octanol–water partition coefficient (Wildman–Crippen LogP) is 4.72. The molecular formula is C21H21N3. The Labute approximate surface area is 142 Å². The van der Waals surface area contributed by atoms with Crippen LogP contribution in [0.25, 0.3) is 21.8 Å². The largest absolute Gasteiger partial charge is 0.399 e. The quantitative estimate of drug-likeness (QED) is 0.408. The maximum absolute atomic E-state index is 5.57. The van der Waals surface area contributed by atoms with E-state index in [1.165, 1.54) is 10.8 Å². The smallest absolute Gasteiger partial charge is 0.0709 e. The van der Waals surface area contributed by atoms with Gasteiger partial charge in [0, 0.05) is 36.2 Å². The predicted molar refractivity (Wildman–Crippen MR) is 104 cm³/mol. The van der Waals surface area contributed by atoms with Crippen LogP contribution < -0.4 is 10.6 Å². The van der Waals surface area contributed by atoms with Gasteiger partial charge in [-0.2, -0.15) is 0 Å². The standard InChI is InChI=1S/C13H9N.C8H12N2/c1-3-7-12-10(5-1)9-11-6-2-4-8-13(11)14-12;1-10(2)8-5-3-4-7(9)6-8/h1-9H;3-6H,9H2,1-2H3. The third-order valence-corrected chi connectivity index (χ3v) is 3.81. The zero-order chi connectivity index (χ0) is 16.9. The van der Waals surface area contributed by atoms with E-state index in [4.69, 9.17) is 5.73 Å². The Morgan fingerprint density at radius 1 is 0.708 bits per heavy atom. The topological polar surface area (TPSA) is 42.1 Å². The first-order valence-electron chi connectivity index (χ1n) is 7.91. The van der Waals surface area contributed by atoms with Crippen molar-refractivity contribution < 1.29 is 0 Å². The summed E-state index contributed by atoms with van der Waals surface area (Å²) in [6, 6.07) is 26.4. The van der Waals surface area contributed by atoms with E-state index >= 15 is 0 Å². The van der Waals surface area contributed by atoms with Gasteiger partial charge in [0.05, 0.1) is 11.0 Å². The van der Waals surface area contributed by atoms with E-state index in [1.807, 2.05) is 79.7 Å². The summed E-state index contributed by atoms with van der Waals surface area (Å²) in [5.41, 5.74) is 9.64.